The second-order valence-corrected chi connectivity index (χ2v) is 3.48. The topological polar surface area (TPSA) is 0 Å². The van der Waals surface area contributed by atoms with Crippen LogP contribution in [-0.2, 0) is 0 Å². The summed E-state index contributed by atoms with van der Waals surface area (Å²) in [6.07, 6.45) is 0. The number of hydrogen-bond acceptors (Lipinski definition) is 0. The van der Waals surface area contributed by atoms with Crippen molar-refractivity contribution in [2.75, 3.05) is 0 Å². The van der Waals surface area contributed by atoms with Gasteiger partial charge in [-0.2, -0.15) is 26.3 Å². The molecule has 8 heteroatoms. The predicted molar refractivity (Wildman–Crippen MR) is 36.0 cm³/mol. The lowest BCUT2D eigenvalue weighted by molar-refractivity contribution is -0.297. The van der Waals surface area contributed by atoms with Gasteiger partial charge in [-0.05, 0) is 0 Å². The fourth-order valence-electron chi connectivity index (χ4n) is 0.430. The van der Waals surface area contributed by atoms with E-state index in [1.54, 1.807) is 0 Å². The molecule has 13 heavy (non-hydrogen) atoms. The van der Waals surface area contributed by atoms with Gasteiger partial charge in [-0.15, -0.1) is 0 Å². The van der Waals surface area contributed by atoms with Crippen molar-refractivity contribution < 1.29 is 26.3 Å². The summed E-state index contributed by atoms with van der Waals surface area (Å²) in [5.74, 6) is -15.6. The minimum atomic E-state index is -5.58. The summed E-state index contributed by atoms with van der Waals surface area (Å²) in [6.45, 7) is -0.336. The number of halogens is 8. The molecule has 0 saturated carbocycles. The quantitative estimate of drug-likeness (QED) is 0.528. The normalized spacial score (nSPS) is 15.2. The van der Waals surface area contributed by atoms with Crippen LogP contribution in [0.3, 0.4) is 0 Å². The van der Waals surface area contributed by atoms with Crippen molar-refractivity contribution in [3.8, 4) is 0 Å². The molecule has 0 nitrogen and oxygen atoms in total. The molecule has 0 spiro atoms. The molecular weight excluding hydrogens is 245 g/mol. The van der Waals surface area contributed by atoms with Gasteiger partial charge in [-0.3, -0.25) is 0 Å². The highest BCUT2D eigenvalue weighted by Gasteiger charge is 2.71. The fourth-order valence-corrected chi connectivity index (χ4v) is 0.704. The van der Waals surface area contributed by atoms with Gasteiger partial charge in [0.15, 0.2) is 4.84 Å². The first-order valence-corrected chi connectivity index (χ1v) is 3.73. The Labute approximate surface area is 79.8 Å². The second kappa shape index (κ2) is 3.38. The van der Waals surface area contributed by atoms with E-state index in [1.165, 1.54) is 0 Å². The van der Waals surface area contributed by atoms with Gasteiger partial charge in [0.05, 0.1) is 0 Å². The van der Waals surface area contributed by atoms with Crippen LogP contribution in [0.2, 0.25) is 0 Å². The van der Waals surface area contributed by atoms with Gasteiger partial charge >= 0.3 is 17.8 Å². The Bertz CT molecular complexity index is 184. The van der Waals surface area contributed by atoms with Gasteiger partial charge in [0, 0.05) is 6.92 Å². The minimum absolute atomic E-state index is 0.336. The molecule has 0 fully saturated rings. The molecule has 0 amide bonds. The molecule has 0 aromatic carbocycles. The smallest absolute Gasteiger partial charge is 0.200 e. The monoisotopic (exact) mass is 248 g/mol. The molecule has 0 aliphatic carbocycles. The maximum Gasteiger partial charge on any atom is 0.374 e. The predicted octanol–water partition coefficient (Wildman–Crippen LogP) is 3.72. The van der Waals surface area contributed by atoms with E-state index in [1.807, 2.05) is 0 Å². The third-order valence-electron chi connectivity index (χ3n) is 1.24. The van der Waals surface area contributed by atoms with Gasteiger partial charge in [0.2, 0.25) is 0 Å². The first kappa shape index (κ1) is 13.2. The second-order valence-electron chi connectivity index (χ2n) is 2.39. The lowest BCUT2D eigenvalue weighted by Crippen LogP contribution is -2.55. The fraction of sp³-hybridized carbons (Fsp3) is 1.00. The Morgan fingerprint density at radius 1 is 0.923 bits per heavy atom. The average Bonchev–Trinajstić information content (AvgIpc) is 1.84. The Balaban J connectivity index is 5.04. The highest BCUT2D eigenvalue weighted by molar-refractivity contribution is 6.45. The van der Waals surface area contributed by atoms with E-state index in [2.05, 4.69) is 23.2 Å². The first-order chi connectivity index (χ1) is 5.44. The molecule has 0 radical (unpaired) electrons. The zero-order valence-electron chi connectivity index (χ0n) is 6.10. The number of hydrogen-bond donors (Lipinski definition) is 0. The standard InChI is InChI=1S/C5H4Cl2F6/c1-3(8,9)5(12,13)4(10,11)2(6)7/h2H,1H3. The molecular formula is C5H4Cl2F6. The maximum absolute atomic E-state index is 12.3. The van der Waals surface area contributed by atoms with Crippen molar-refractivity contribution in [3.05, 3.63) is 0 Å². The molecule has 80 valence electrons. The van der Waals surface area contributed by atoms with E-state index in [4.69, 9.17) is 0 Å². The van der Waals surface area contributed by atoms with E-state index in [0.717, 1.165) is 0 Å². The molecule has 0 saturated heterocycles. The maximum atomic E-state index is 12.3. The molecule has 0 aliphatic rings. The summed E-state index contributed by atoms with van der Waals surface area (Å²) in [7, 11) is 0. The summed E-state index contributed by atoms with van der Waals surface area (Å²) >= 11 is 8.92. The van der Waals surface area contributed by atoms with Crippen molar-refractivity contribution in [1.82, 2.24) is 0 Å². The molecule has 0 heterocycles. The van der Waals surface area contributed by atoms with E-state index >= 15 is 0 Å². The van der Waals surface area contributed by atoms with Gasteiger partial charge in [0.25, 0.3) is 0 Å². The van der Waals surface area contributed by atoms with Crippen LogP contribution in [-0.4, -0.2) is 22.6 Å². The van der Waals surface area contributed by atoms with Crippen molar-refractivity contribution >= 4 is 23.2 Å². The third-order valence-corrected chi connectivity index (χ3v) is 1.79. The largest absolute Gasteiger partial charge is 0.374 e. The lowest BCUT2D eigenvalue weighted by Gasteiger charge is -2.31. The summed E-state index contributed by atoms with van der Waals surface area (Å²) in [6, 6.07) is 0. The van der Waals surface area contributed by atoms with Crippen LogP contribution in [0.15, 0.2) is 0 Å². The Hall–Kier alpha value is 0.160. The summed E-state index contributed by atoms with van der Waals surface area (Å²) < 4.78 is 73.3. The van der Waals surface area contributed by atoms with Crippen molar-refractivity contribution in [2.24, 2.45) is 0 Å². The van der Waals surface area contributed by atoms with Crippen molar-refractivity contribution in [2.45, 2.75) is 29.5 Å². The number of alkyl halides is 8. The Morgan fingerprint density at radius 3 is 1.31 bits per heavy atom. The summed E-state index contributed by atoms with van der Waals surface area (Å²) in [4.78, 5) is -2.90. The zero-order valence-corrected chi connectivity index (χ0v) is 7.61. The summed E-state index contributed by atoms with van der Waals surface area (Å²) in [5.41, 5.74) is 0. The molecule has 0 aromatic rings. The number of rotatable bonds is 3. The molecule has 0 N–H and O–H groups in total. The van der Waals surface area contributed by atoms with Gasteiger partial charge in [-0.1, -0.05) is 23.2 Å². The Morgan fingerprint density at radius 2 is 1.23 bits per heavy atom. The van der Waals surface area contributed by atoms with Crippen LogP contribution in [0.25, 0.3) is 0 Å². The van der Waals surface area contributed by atoms with Crippen LogP contribution < -0.4 is 0 Å². The highest BCUT2D eigenvalue weighted by atomic mass is 35.5. The van der Waals surface area contributed by atoms with Crippen LogP contribution in [0.1, 0.15) is 6.92 Å². The average molecular weight is 249 g/mol. The molecule has 0 aliphatic heterocycles. The van der Waals surface area contributed by atoms with Crippen LogP contribution in [0.4, 0.5) is 26.3 Å². The van der Waals surface area contributed by atoms with Crippen molar-refractivity contribution in [3.63, 3.8) is 0 Å². The SMILES string of the molecule is CC(F)(F)C(F)(F)C(F)(F)C(Cl)Cl. The van der Waals surface area contributed by atoms with Gasteiger partial charge in [-0.25, -0.2) is 0 Å². The minimum Gasteiger partial charge on any atom is -0.200 e. The van der Waals surface area contributed by atoms with E-state index < -0.39 is 22.6 Å². The van der Waals surface area contributed by atoms with Gasteiger partial charge < -0.3 is 0 Å². The van der Waals surface area contributed by atoms with E-state index in [9.17, 15) is 26.3 Å². The Kier molecular flexibility index (Phi) is 3.42. The lowest BCUT2D eigenvalue weighted by atomic mass is 10.1. The van der Waals surface area contributed by atoms with E-state index in [0.29, 0.717) is 0 Å². The van der Waals surface area contributed by atoms with Crippen LogP contribution in [0.5, 0.6) is 0 Å². The molecule has 0 aromatic heterocycles. The van der Waals surface area contributed by atoms with Gasteiger partial charge in [0.1, 0.15) is 0 Å². The van der Waals surface area contributed by atoms with Crippen LogP contribution in [0, 0.1) is 0 Å². The molecule has 0 unspecified atom stereocenters. The molecule has 0 atom stereocenters. The molecule has 0 bridgehead atoms. The highest BCUT2D eigenvalue weighted by Crippen LogP contribution is 2.49. The zero-order chi connectivity index (χ0) is 11.1. The summed E-state index contributed by atoms with van der Waals surface area (Å²) in [5, 5.41) is 0. The third kappa shape index (κ3) is 2.15. The molecule has 0 rings (SSSR count). The van der Waals surface area contributed by atoms with E-state index in [-0.39, 0.29) is 6.92 Å². The first-order valence-electron chi connectivity index (χ1n) is 2.86. The van der Waals surface area contributed by atoms with Crippen molar-refractivity contribution in [1.29, 1.82) is 0 Å². The van der Waals surface area contributed by atoms with Crippen LogP contribution >= 0.6 is 23.2 Å².